The second-order valence-corrected chi connectivity index (χ2v) is 4.25. The van der Waals surface area contributed by atoms with Crippen LogP contribution in [-0.4, -0.2) is 41.6 Å². The Labute approximate surface area is 111 Å². The number of carbonyl (C=O) groups excluding carboxylic acids is 2. The van der Waals surface area contributed by atoms with E-state index in [4.69, 9.17) is 4.74 Å². The van der Waals surface area contributed by atoms with E-state index in [-0.39, 0.29) is 6.61 Å². The Hall–Kier alpha value is -2.11. The largest absolute Gasteiger partial charge is 0.458 e. The Balaban J connectivity index is 1.90. The number of ether oxygens (including phenoxy) is 2. The topological polar surface area (TPSA) is 68.7 Å². The van der Waals surface area contributed by atoms with Crippen LogP contribution in [0.3, 0.4) is 0 Å². The Kier molecular flexibility index (Phi) is 4.33. The molecule has 0 bridgehead atoms. The van der Waals surface area contributed by atoms with Crippen LogP contribution in [0.2, 0.25) is 0 Å². The van der Waals surface area contributed by atoms with Crippen LogP contribution in [0.25, 0.3) is 0 Å². The molecule has 2 heterocycles. The zero-order valence-electron chi connectivity index (χ0n) is 10.7. The highest BCUT2D eigenvalue weighted by Gasteiger charge is 2.35. The number of esters is 1. The highest BCUT2D eigenvalue weighted by atomic mass is 16.6. The van der Waals surface area contributed by atoms with E-state index in [1.807, 2.05) is 6.07 Å². The zero-order chi connectivity index (χ0) is 13.7. The normalized spacial score (nSPS) is 18.2. The van der Waals surface area contributed by atoms with Gasteiger partial charge in [0, 0.05) is 12.7 Å². The van der Waals surface area contributed by atoms with Gasteiger partial charge >= 0.3 is 12.1 Å². The minimum absolute atomic E-state index is 0.116. The Bertz CT molecular complexity index is 449. The van der Waals surface area contributed by atoms with Gasteiger partial charge in [0.1, 0.15) is 12.6 Å². The number of likely N-dealkylation sites (tertiary alicyclic amines) is 1. The van der Waals surface area contributed by atoms with Crippen molar-refractivity contribution in [2.24, 2.45) is 0 Å². The van der Waals surface area contributed by atoms with Crippen molar-refractivity contribution in [2.45, 2.75) is 25.5 Å². The van der Waals surface area contributed by atoms with E-state index in [0.29, 0.717) is 18.7 Å². The Morgan fingerprint density at radius 2 is 2.32 bits per heavy atom. The predicted octanol–water partition coefficient (Wildman–Crippen LogP) is 1.36. The summed E-state index contributed by atoms with van der Waals surface area (Å²) in [6, 6.07) is 4.85. The maximum Gasteiger partial charge on any atom is 0.410 e. The molecule has 6 nitrogen and oxygen atoms in total. The fourth-order valence-electron chi connectivity index (χ4n) is 2.07. The molecule has 0 radical (unpaired) electrons. The number of hydrogen-bond acceptors (Lipinski definition) is 5. The molecule has 1 fully saturated rings. The lowest BCUT2D eigenvalue weighted by Gasteiger charge is -2.21. The molecule has 1 aliphatic rings. The van der Waals surface area contributed by atoms with Crippen LogP contribution in [0.1, 0.15) is 18.5 Å². The lowest BCUT2D eigenvalue weighted by Crippen LogP contribution is -2.41. The van der Waals surface area contributed by atoms with Crippen LogP contribution < -0.4 is 0 Å². The third-order valence-corrected chi connectivity index (χ3v) is 3.02. The van der Waals surface area contributed by atoms with Crippen LogP contribution in [0.15, 0.2) is 24.4 Å². The van der Waals surface area contributed by atoms with E-state index in [1.165, 1.54) is 12.0 Å². The summed E-state index contributed by atoms with van der Waals surface area (Å²) in [5.41, 5.74) is 0.679. The number of carbonyl (C=O) groups is 2. The lowest BCUT2D eigenvalue weighted by atomic mass is 10.2. The van der Waals surface area contributed by atoms with Crippen LogP contribution in [0.4, 0.5) is 4.79 Å². The first kappa shape index (κ1) is 13.3. The van der Waals surface area contributed by atoms with Crippen LogP contribution >= 0.6 is 0 Å². The average Bonchev–Trinajstić information content (AvgIpc) is 2.94. The van der Waals surface area contributed by atoms with Crippen LogP contribution in [0.5, 0.6) is 0 Å². The number of amides is 1. The van der Waals surface area contributed by atoms with Gasteiger partial charge in [0.05, 0.1) is 12.8 Å². The molecule has 2 rings (SSSR count). The first-order valence-electron chi connectivity index (χ1n) is 6.13. The fourth-order valence-corrected chi connectivity index (χ4v) is 2.07. The summed E-state index contributed by atoms with van der Waals surface area (Å²) in [6.07, 6.45) is 2.53. The number of aromatic nitrogens is 1. The maximum atomic E-state index is 11.9. The maximum absolute atomic E-state index is 11.9. The first-order valence-corrected chi connectivity index (χ1v) is 6.13. The third-order valence-electron chi connectivity index (χ3n) is 3.02. The van der Waals surface area contributed by atoms with Crippen molar-refractivity contribution in [2.75, 3.05) is 13.7 Å². The van der Waals surface area contributed by atoms with Crippen molar-refractivity contribution in [3.05, 3.63) is 30.1 Å². The molecule has 1 unspecified atom stereocenters. The highest BCUT2D eigenvalue weighted by Crippen LogP contribution is 2.19. The van der Waals surface area contributed by atoms with Gasteiger partial charge in [-0.2, -0.15) is 0 Å². The zero-order valence-corrected chi connectivity index (χ0v) is 10.7. The summed E-state index contributed by atoms with van der Waals surface area (Å²) in [5, 5.41) is 0. The minimum Gasteiger partial charge on any atom is -0.458 e. The van der Waals surface area contributed by atoms with Crippen molar-refractivity contribution < 1.29 is 19.1 Å². The standard InChI is InChI=1S/C13H16N2O4/c1-18-13(17)15-8-4-6-11(15)12(16)19-9-10-5-2-3-7-14-10/h2-3,5,7,11H,4,6,8-9H2,1H3. The van der Waals surface area contributed by atoms with E-state index in [9.17, 15) is 9.59 Å². The van der Waals surface area contributed by atoms with Gasteiger partial charge in [0.2, 0.25) is 0 Å². The third kappa shape index (κ3) is 3.21. The first-order chi connectivity index (χ1) is 9.22. The Morgan fingerprint density at radius 3 is 3.00 bits per heavy atom. The van der Waals surface area contributed by atoms with E-state index in [1.54, 1.807) is 18.3 Å². The van der Waals surface area contributed by atoms with Crippen molar-refractivity contribution in [3.63, 3.8) is 0 Å². The van der Waals surface area contributed by atoms with Crippen LogP contribution in [-0.2, 0) is 20.9 Å². The molecule has 102 valence electrons. The molecule has 0 aliphatic carbocycles. The molecule has 0 spiro atoms. The molecule has 1 saturated heterocycles. The number of pyridine rings is 1. The molecule has 1 aromatic heterocycles. The van der Waals surface area contributed by atoms with Gasteiger partial charge in [0.15, 0.2) is 0 Å². The number of methoxy groups -OCH3 is 1. The smallest absolute Gasteiger partial charge is 0.410 e. The van der Waals surface area contributed by atoms with Crippen LogP contribution in [0, 0.1) is 0 Å². The molecule has 1 atom stereocenters. The lowest BCUT2D eigenvalue weighted by molar-refractivity contribution is -0.149. The van der Waals surface area contributed by atoms with Crippen molar-refractivity contribution >= 4 is 12.1 Å². The van der Waals surface area contributed by atoms with Gasteiger partial charge in [0.25, 0.3) is 0 Å². The highest BCUT2D eigenvalue weighted by molar-refractivity contribution is 5.82. The van der Waals surface area contributed by atoms with Gasteiger partial charge in [-0.1, -0.05) is 6.07 Å². The molecule has 0 aromatic carbocycles. The summed E-state index contributed by atoms with van der Waals surface area (Å²) in [4.78, 5) is 28.9. The van der Waals surface area contributed by atoms with Gasteiger partial charge in [-0.25, -0.2) is 9.59 Å². The second-order valence-electron chi connectivity index (χ2n) is 4.25. The van der Waals surface area contributed by atoms with Gasteiger partial charge in [-0.05, 0) is 25.0 Å². The SMILES string of the molecule is COC(=O)N1CCCC1C(=O)OCc1ccccn1. The minimum atomic E-state index is -0.545. The summed E-state index contributed by atoms with van der Waals surface area (Å²) < 4.78 is 9.83. The molecule has 0 N–H and O–H groups in total. The monoisotopic (exact) mass is 264 g/mol. The van der Waals surface area contributed by atoms with Crippen molar-refractivity contribution in [1.82, 2.24) is 9.88 Å². The molecule has 1 aromatic rings. The number of nitrogens with zero attached hydrogens (tertiary/aromatic N) is 2. The summed E-state index contributed by atoms with van der Waals surface area (Å²) in [7, 11) is 1.30. The van der Waals surface area contributed by atoms with Gasteiger partial charge in [-0.3, -0.25) is 9.88 Å². The van der Waals surface area contributed by atoms with Crippen molar-refractivity contribution in [1.29, 1.82) is 0 Å². The van der Waals surface area contributed by atoms with E-state index >= 15 is 0 Å². The molecule has 0 saturated carbocycles. The van der Waals surface area contributed by atoms with E-state index < -0.39 is 18.1 Å². The molecular formula is C13H16N2O4. The van der Waals surface area contributed by atoms with E-state index in [0.717, 1.165) is 6.42 Å². The number of rotatable bonds is 3. The van der Waals surface area contributed by atoms with Gasteiger partial charge in [-0.15, -0.1) is 0 Å². The quantitative estimate of drug-likeness (QED) is 0.771. The van der Waals surface area contributed by atoms with Gasteiger partial charge < -0.3 is 9.47 Å². The molecule has 1 aliphatic heterocycles. The second kappa shape index (κ2) is 6.17. The predicted molar refractivity (Wildman–Crippen MR) is 66.2 cm³/mol. The fraction of sp³-hybridized carbons (Fsp3) is 0.462. The molecule has 1 amide bonds. The molecular weight excluding hydrogens is 248 g/mol. The average molecular weight is 264 g/mol. The molecule has 6 heteroatoms. The Morgan fingerprint density at radius 1 is 1.47 bits per heavy atom. The molecule has 19 heavy (non-hydrogen) atoms. The summed E-state index contributed by atoms with van der Waals surface area (Å²) >= 11 is 0. The van der Waals surface area contributed by atoms with Crippen molar-refractivity contribution in [3.8, 4) is 0 Å². The summed E-state index contributed by atoms with van der Waals surface area (Å²) in [6.45, 7) is 0.640. The van der Waals surface area contributed by atoms with E-state index in [2.05, 4.69) is 9.72 Å². The summed E-state index contributed by atoms with van der Waals surface area (Å²) in [5.74, 6) is -0.409. The number of hydrogen-bond donors (Lipinski definition) is 0.